The van der Waals surface area contributed by atoms with Crippen molar-refractivity contribution in [3.05, 3.63) is 64.3 Å². The van der Waals surface area contributed by atoms with Crippen LogP contribution < -0.4 is 0 Å². The Bertz CT molecular complexity index is 1100. The number of sulfone groups is 1. The minimum atomic E-state index is -4.60. The highest BCUT2D eigenvalue weighted by Crippen LogP contribution is 2.34. The van der Waals surface area contributed by atoms with Gasteiger partial charge in [-0.25, -0.2) is 13.1 Å². The summed E-state index contributed by atoms with van der Waals surface area (Å²) in [7, 11) is -3.40. The number of benzene rings is 2. The second-order valence-corrected chi connectivity index (χ2v) is 8.92. The van der Waals surface area contributed by atoms with Crippen molar-refractivity contribution in [3.63, 3.8) is 0 Å². The van der Waals surface area contributed by atoms with Gasteiger partial charge in [0.1, 0.15) is 0 Å². The van der Waals surface area contributed by atoms with Gasteiger partial charge in [-0.05, 0) is 42.8 Å². The maximum absolute atomic E-state index is 13.2. The molecule has 3 rings (SSSR count). The molecule has 0 aliphatic rings. The van der Waals surface area contributed by atoms with E-state index in [0.29, 0.717) is 11.3 Å². The van der Waals surface area contributed by atoms with Crippen LogP contribution in [0, 0.1) is 6.92 Å². The lowest BCUT2D eigenvalue weighted by Gasteiger charge is -2.10. The van der Waals surface area contributed by atoms with Crippen LogP contribution in [0.3, 0.4) is 0 Å². The Labute approximate surface area is 162 Å². The Morgan fingerprint density at radius 1 is 1.04 bits per heavy atom. The third kappa shape index (κ3) is 4.08. The maximum atomic E-state index is 13.2. The first-order valence-corrected chi connectivity index (χ1v) is 10.4. The minimum Gasteiger partial charge on any atom is -0.232 e. The summed E-state index contributed by atoms with van der Waals surface area (Å²) in [6.45, 7) is 1.86. The van der Waals surface area contributed by atoms with E-state index in [-0.39, 0.29) is 10.6 Å². The van der Waals surface area contributed by atoms with E-state index in [1.165, 1.54) is 28.9 Å². The molecule has 1 heterocycles. The predicted molar refractivity (Wildman–Crippen MR) is 99.5 cm³/mol. The Hall–Kier alpha value is -2.13. The van der Waals surface area contributed by atoms with Gasteiger partial charge in [-0.1, -0.05) is 34.1 Å². The van der Waals surface area contributed by atoms with E-state index in [0.717, 1.165) is 22.4 Å². The molecule has 0 bridgehead atoms. The first-order chi connectivity index (χ1) is 12.5. The number of nitrogens with zero attached hydrogens (tertiary/aromatic N) is 2. The average Bonchev–Trinajstić information content (AvgIpc) is 3.02. The molecular formula is C18H14BrF3N2O2S. The quantitative estimate of drug-likeness (QED) is 0.552. The van der Waals surface area contributed by atoms with Crippen LogP contribution >= 0.6 is 15.9 Å². The van der Waals surface area contributed by atoms with Crippen molar-refractivity contribution >= 4 is 25.8 Å². The molecule has 3 aromatic rings. The lowest BCUT2D eigenvalue weighted by molar-refractivity contribution is -0.141. The summed E-state index contributed by atoms with van der Waals surface area (Å²) in [6, 6.07) is 11.7. The largest absolute Gasteiger partial charge is 0.435 e. The number of hydrogen-bond acceptors (Lipinski definition) is 3. The second kappa shape index (κ2) is 6.79. The van der Waals surface area contributed by atoms with Crippen LogP contribution in [0.4, 0.5) is 13.2 Å². The Kier molecular flexibility index (Phi) is 4.94. The number of hydrogen-bond donors (Lipinski definition) is 0. The predicted octanol–water partition coefficient (Wildman–Crippen LogP) is 5.03. The molecular weight excluding hydrogens is 445 g/mol. The van der Waals surface area contributed by atoms with E-state index in [4.69, 9.17) is 0 Å². The zero-order valence-electron chi connectivity index (χ0n) is 14.2. The van der Waals surface area contributed by atoms with Gasteiger partial charge in [0.25, 0.3) is 0 Å². The van der Waals surface area contributed by atoms with Crippen molar-refractivity contribution in [2.75, 3.05) is 6.26 Å². The van der Waals surface area contributed by atoms with Gasteiger partial charge in [0, 0.05) is 16.3 Å². The molecule has 9 heteroatoms. The molecule has 0 radical (unpaired) electrons. The van der Waals surface area contributed by atoms with Crippen molar-refractivity contribution in [2.24, 2.45) is 0 Å². The van der Waals surface area contributed by atoms with Gasteiger partial charge >= 0.3 is 6.18 Å². The van der Waals surface area contributed by atoms with Crippen LogP contribution in [0.1, 0.15) is 11.3 Å². The smallest absolute Gasteiger partial charge is 0.232 e. The van der Waals surface area contributed by atoms with Crippen molar-refractivity contribution < 1.29 is 21.6 Å². The zero-order chi connectivity index (χ0) is 20.0. The normalized spacial score (nSPS) is 12.4. The third-order valence-electron chi connectivity index (χ3n) is 3.98. The Morgan fingerprint density at radius 2 is 1.67 bits per heavy atom. The van der Waals surface area contributed by atoms with E-state index >= 15 is 0 Å². The highest BCUT2D eigenvalue weighted by Gasteiger charge is 2.35. The van der Waals surface area contributed by atoms with Crippen LogP contribution in [0.5, 0.6) is 0 Å². The van der Waals surface area contributed by atoms with Crippen LogP contribution in [-0.4, -0.2) is 24.5 Å². The van der Waals surface area contributed by atoms with Crippen LogP contribution in [0.25, 0.3) is 16.9 Å². The monoisotopic (exact) mass is 458 g/mol. The summed E-state index contributed by atoms with van der Waals surface area (Å²) in [6.07, 6.45) is -3.54. The average molecular weight is 459 g/mol. The molecule has 0 unspecified atom stereocenters. The van der Waals surface area contributed by atoms with Gasteiger partial charge in [-0.2, -0.15) is 18.3 Å². The molecule has 0 aliphatic carbocycles. The Morgan fingerprint density at radius 3 is 2.19 bits per heavy atom. The summed E-state index contributed by atoms with van der Waals surface area (Å²) in [4.78, 5) is 0.0893. The second-order valence-electron chi connectivity index (χ2n) is 6.05. The fraction of sp³-hybridized carbons (Fsp3) is 0.167. The SMILES string of the molecule is Cc1ccc(-n2nc(C(F)(F)F)cc2-c2ccc(S(C)(=O)=O)cc2)cc1Br. The number of aromatic nitrogens is 2. The molecule has 0 N–H and O–H groups in total. The van der Waals surface area contributed by atoms with E-state index in [1.54, 1.807) is 18.2 Å². The lowest BCUT2D eigenvalue weighted by Crippen LogP contribution is -2.07. The van der Waals surface area contributed by atoms with Crippen molar-refractivity contribution in [2.45, 2.75) is 18.0 Å². The lowest BCUT2D eigenvalue weighted by atomic mass is 10.1. The highest BCUT2D eigenvalue weighted by atomic mass is 79.9. The van der Waals surface area contributed by atoms with Gasteiger partial charge in [0.2, 0.25) is 0 Å². The first-order valence-electron chi connectivity index (χ1n) is 7.71. The van der Waals surface area contributed by atoms with E-state index in [2.05, 4.69) is 21.0 Å². The summed E-state index contributed by atoms with van der Waals surface area (Å²) in [5, 5.41) is 3.72. The summed E-state index contributed by atoms with van der Waals surface area (Å²) in [5.41, 5.74) is 0.979. The standard InChI is InChI=1S/C18H14BrF3N2O2S/c1-11-3-6-13(9-15(11)19)24-16(10-17(23-24)18(20,21)22)12-4-7-14(8-5-12)27(2,25)26/h3-10H,1-2H3. The molecule has 2 aromatic carbocycles. The van der Waals surface area contributed by atoms with E-state index in [9.17, 15) is 21.6 Å². The molecule has 142 valence electrons. The van der Waals surface area contributed by atoms with Gasteiger partial charge < -0.3 is 0 Å². The summed E-state index contributed by atoms with van der Waals surface area (Å²) in [5.74, 6) is 0. The van der Waals surface area contributed by atoms with Crippen LogP contribution in [0.15, 0.2) is 57.9 Å². The molecule has 0 atom stereocenters. The molecule has 27 heavy (non-hydrogen) atoms. The van der Waals surface area contributed by atoms with Gasteiger partial charge in [-0.15, -0.1) is 0 Å². The zero-order valence-corrected chi connectivity index (χ0v) is 16.7. The molecule has 0 fully saturated rings. The van der Waals surface area contributed by atoms with E-state index < -0.39 is 21.7 Å². The van der Waals surface area contributed by atoms with Crippen molar-refractivity contribution in [1.82, 2.24) is 9.78 Å². The molecule has 0 aliphatic heterocycles. The van der Waals surface area contributed by atoms with Gasteiger partial charge in [0.05, 0.1) is 16.3 Å². The number of alkyl halides is 3. The highest BCUT2D eigenvalue weighted by molar-refractivity contribution is 9.10. The van der Waals surface area contributed by atoms with Crippen molar-refractivity contribution in [3.8, 4) is 16.9 Å². The van der Waals surface area contributed by atoms with Crippen LogP contribution in [-0.2, 0) is 16.0 Å². The van der Waals surface area contributed by atoms with E-state index in [1.807, 2.05) is 6.92 Å². The molecule has 0 saturated heterocycles. The number of halogens is 4. The maximum Gasteiger partial charge on any atom is 0.435 e. The first kappa shape index (κ1) is 19.6. The topological polar surface area (TPSA) is 52.0 Å². The number of aryl methyl sites for hydroxylation is 1. The molecule has 0 amide bonds. The summed E-state index contributed by atoms with van der Waals surface area (Å²) >= 11 is 3.37. The van der Waals surface area contributed by atoms with Gasteiger partial charge in [0.15, 0.2) is 15.5 Å². The fourth-order valence-corrected chi connectivity index (χ4v) is 3.51. The summed E-state index contributed by atoms with van der Waals surface area (Å²) < 4.78 is 64.8. The van der Waals surface area contributed by atoms with Crippen LogP contribution in [0.2, 0.25) is 0 Å². The molecule has 0 saturated carbocycles. The van der Waals surface area contributed by atoms with Gasteiger partial charge in [-0.3, -0.25) is 0 Å². The fourth-order valence-electron chi connectivity index (χ4n) is 2.51. The molecule has 4 nitrogen and oxygen atoms in total. The molecule has 0 spiro atoms. The van der Waals surface area contributed by atoms with Crippen molar-refractivity contribution in [1.29, 1.82) is 0 Å². The third-order valence-corrected chi connectivity index (χ3v) is 5.96. The number of rotatable bonds is 3. The minimum absolute atomic E-state index is 0.0893. The Balaban J connectivity index is 2.19. The molecule has 1 aromatic heterocycles.